The number of rotatable bonds is 6. The van der Waals surface area contributed by atoms with Crippen LogP contribution in [0.5, 0.6) is 0 Å². The van der Waals surface area contributed by atoms with E-state index in [1.165, 1.54) is 30.4 Å². The minimum absolute atomic E-state index is 0.0817. The summed E-state index contributed by atoms with van der Waals surface area (Å²) in [7, 11) is 0. The topological polar surface area (TPSA) is 74.8 Å². The number of morpholine rings is 1. The van der Waals surface area contributed by atoms with Crippen LogP contribution in [0.15, 0.2) is 24.3 Å². The number of hydrogen-bond donors (Lipinski definition) is 1. The van der Waals surface area contributed by atoms with Crippen molar-refractivity contribution in [3.63, 3.8) is 0 Å². The standard InChI is InChI=1S/C24H31FN4O3S/c1-16(30)29(19-6-4-5-7-19)24(2,3)22(31)27-23-26-20(17-8-10-18(25)11-9-17)21(33-23)28-12-14-32-15-13-28/h8-11,19H,4-7,12-15H2,1-3H3,(H,26,27,31). The van der Waals surface area contributed by atoms with Gasteiger partial charge in [0.25, 0.3) is 5.91 Å². The summed E-state index contributed by atoms with van der Waals surface area (Å²) in [6.45, 7) is 7.78. The van der Waals surface area contributed by atoms with Crippen LogP contribution in [0.3, 0.4) is 0 Å². The van der Waals surface area contributed by atoms with Crippen molar-refractivity contribution in [2.24, 2.45) is 0 Å². The molecule has 9 heteroatoms. The van der Waals surface area contributed by atoms with Gasteiger partial charge in [-0.25, -0.2) is 9.37 Å². The third-order valence-electron chi connectivity index (χ3n) is 6.43. The van der Waals surface area contributed by atoms with Crippen LogP contribution < -0.4 is 10.2 Å². The molecule has 2 amide bonds. The third kappa shape index (κ3) is 5.04. The van der Waals surface area contributed by atoms with E-state index < -0.39 is 5.54 Å². The Hall–Kier alpha value is -2.52. The summed E-state index contributed by atoms with van der Waals surface area (Å²) in [6.07, 6.45) is 3.98. The highest BCUT2D eigenvalue weighted by atomic mass is 32.1. The van der Waals surface area contributed by atoms with Gasteiger partial charge in [-0.3, -0.25) is 14.9 Å². The molecule has 1 N–H and O–H groups in total. The Morgan fingerprint density at radius 3 is 2.42 bits per heavy atom. The van der Waals surface area contributed by atoms with Crippen molar-refractivity contribution in [2.75, 3.05) is 36.5 Å². The number of aromatic nitrogens is 1. The van der Waals surface area contributed by atoms with Gasteiger partial charge in [-0.1, -0.05) is 24.2 Å². The Morgan fingerprint density at radius 2 is 1.82 bits per heavy atom. The predicted molar refractivity (Wildman–Crippen MR) is 128 cm³/mol. The van der Waals surface area contributed by atoms with E-state index in [0.29, 0.717) is 24.0 Å². The quantitative estimate of drug-likeness (QED) is 0.676. The van der Waals surface area contributed by atoms with E-state index in [1.807, 2.05) is 0 Å². The second-order valence-electron chi connectivity index (χ2n) is 9.12. The van der Waals surface area contributed by atoms with Crippen molar-refractivity contribution >= 4 is 33.3 Å². The van der Waals surface area contributed by atoms with E-state index in [-0.39, 0.29) is 23.7 Å². The maximum Gasteiger partial charge on any atom is 0.251 e. The molecule has 0 atom stereocenters. The van der Waals surface area contributed by atoms with Crippen molar-refractivity contribution in [2.45, 2.75) is 58.0 Å². The summed E-state index contributed by atoms with van der Waals surface area (Å²) in [5, 5.41) is 4.34. The van der Waals surface area contributed by atoms with Gasteiger partial charge in [-0.15, -0.1) is 0 Å². The fraction of sp³-hybridized carbons (Fsp3) is 0.542. The molecule has 1 aromatic carbocycles. The summed E-state index contributed by atoms with van der Waals surface area (Å²) in [5.41, 5.74) is 0.473. The van der Waals surface area contributed by atoms with E-state index >= 15 is 0 Å². The lowest BCUT2D eigenvalue weighted by molar-refractivity contribution is -0.145. The molecular weight excluding hydrogens is 443 g/mol. The minimum Gasteiger partial charge on any atom is -0.378 e. The molecule has 0 spiro atoms. The van der Waals surface area contributed by atoms with E-state index in [0.717, 1.165) is 49.3 Å². The first-order valence-electron chi connectivity index (χ1n) is 11.5. The first-order valence-corrected chi connectivity index (χ1v) is 12.3. The average molecular weight is 475 g/mol. The highest BCUT2D eigenvalue weighted by molar-refractivity contribution is 7.20. The zero-order valence-electron chi connectivity index (χ0n) is 19.4. The number of thiazole rings is 1. The van der Waals surface area contributed by atoms with Crippen molar-refractivity contribution in [1.82, 2.24) is 9.88 Å². The number of ether oxygens (including phenoxy) is 1. The first kappa shape index (κ1) is 23.6. The van der Waals surface area contributed by atoms with Crippen molar-refractivity contribution in [3.8, 4) is 11.3 Å². The van der Waals surface area contributed by atoms with Crippen LogP contribution >= 0.6 is 11.3 Å². The maximum atomic E-state index is 13.5. The summed E-state index contributed by atoms with van der Waals surface area (Å²) in [4.78, 5) is 34.5. The Bertz CT molecular complexity index is 996. The predicted octanol–water partition coefficient (Wildman–Crippen LogP) is 4.29. The lowest BCUT2D eigenvalue weighted by Crippen LogP contribution is -2.58. The number of nitrogens with zero attached hydrogens (tertiary/aromatic N) is 3. The lowest BCUT2D eigenvalue weighted by atomic mass is 9.98. The highest BCUT2D eigenvalue weighted by Gasteiger charge is 2.41. The smallest absolute Gasteiger partial charge is 0.251 e. The van der Waals surface area contributed by atoms with Crippen LogP contribution in [0.25, 0.3) is 11.3 Å². The Kier molecular flexibility index (Phi) is 6.99. The van der Waals surface area contributed by atoms with Crippen LogP contribution in [0.4, 0.5) is 14.5 Å². The molecule has 1 aromatic heterocycles. The van der Waals surface area contributed by atoms with E-state index in [1.54, 1.807) is 30.9 Å². The monoisotopic (exact) mass is 474 g/mol. The molecule has 1 saturated carbocycles. The number of halogens is 1. The molecule has 2 fully saturated rings. The lowest BCUT2D eigenvalue weighted by Gasteiger charge is -2.40. The largest absolute Gasteiger partial charge is 0.378 e. The van der Waals surface area contributed by atoms with Crippen molar-refractivity contribution in [3.05, 3.63) is 30.1 Å². The maximum absolute atomic E-state index is 13.5. The van der Waals surface area contributed by atoms with E-state index in [4.69, 9.17) is 9.72 Å². The molecule has 1 aliphatic heterocycles. The molecular formula is C24H31FN4O3S. The number of benzene rings is 1. The second kappa shape index (κ2) is 9.77. The molecule has 0 bridgehead atoms. The molecule has 2 heterocycles. The van der Waals surface area contributed by atoms with Gasteiger partial charge in [0.2, 0.25) is 5.91 Å². The number of carbonyl (C=O) groups excluding carboxylic acids is 2. The molecule has 4 rings (SSSR count). The number of anilines is 2. The van der Waals surface area contributed by atoms with Gasteiger partial charge in [0.05, 0.1) is 13.2 Å². The Balaban J connectivity index is 1.62. The zero-order valence-corrected chi connectivity index (χ0v) is 20.2. The molecule has 178 valence electrons. The number of carbonyl (C=O) groups is 2. The van der Waals surface area contributed by atoms with Crippen molar-refractivity contribution in [1.29, 1.82) is 0 Å². The molecule has 1 aliphatic carbocycles. The highest BCUT2D eigenvalue weighted by Crippen LogP contribution is 2.39. The number of nitrogens with one attached hydrogen (secondary N) is 1. The van der Waals surface area contributed by atoms with Crippen LogP contribution in [-0.2, 0) is 14.3 Å². The van der Waals surface area contributed by atoms with Gasteiger partial charge >= 0.3 is 0 Å². The molecule has 0 unspecified atom stereocenters. The van der Waals surface area contributed by atoms with Gasteiger partial charge in [0.15, 0.2) is 5.13 Å². The van der Waals surface area contributed by atoms with Crippen LogP contribution in [0.1, 0.15) is 46.5 Å². The molecule has 1 saturated heterocycles. The Labute approximate surface area is 197 Å². The molecule has 33 heavy (non-hydrogen) atoms. The minimum atomic E-state index is -1.01. The molecule has 7 nitrogen and oxygen atoms in total. The van der Waals surface area contributed by atoms with Gasteiger partial charge in [0, 0.05) is 31.6 Å². The van der Waals surface area contributed by atoms with E-state index in [2.05, 4.69) is 10.2 Å². The molecule has 2 aliphatic rings. The SMILES string of the molecule is CC(=O)N(C1CCCC1)C(C)(C)C(=O)Nc1nc(-c2ccc(F)cc2)c(N2CCOCC2)s1. The number of hydrogen-bond acceptors (Lipinski definition) is 6. The van der Waals surface area contributed by atoms with Crippen LogP contribution in [0, 0.1) is 5.82 Å². The summed E-state index contributed by atoms with van der Waals surface area (Å²) >= 11 is 1.39. The Morgan fingerprint density at radius 1 is 1.18 bits per heavy atom. The molecule has 0 radical (unpaired) electrons. The number of amides is 2. The second-order valence-corrected chi connectivity index (χ2v) is 10.1. The fourth-order valence-electron chi connectivity index (χ4n) is 4.77. The summed E-state index contributed by atoms with van der Waals surface area (Å²) in [5.74, 6) is -0.673. The van der Waals surface area contributed by atoms with Gasteiger partial charge < -0.3 is 14.5 Å². The zero-order chi connectivity index (χ0) is 23.6. The van der Waals surface area contributed by atoms with Gasteiger partial charge in [-0.2, -0.15) is 0 Å². The molecule has 2 aromatic rings. The normalized spacial score (nSPS) is 17.3. The average Bonchev–Trinajstić information content (AvgIpc) is 3.45. The van der Waals surface area contributed by atoms with Crippen molar-refractivity contribution < 1.29 is 18.7 Å². The van der Waals surface area contributed by atoms with Crippen LogP contribution in [0.2, 0.25) is 0 Å². The van der Waals surface area contributed by atoms with E-state index in [9.17, 15) is 14.0 Å². The third-order valence-corrected chi connectivity index (χ3v) is 7.46. The summed E-state index contributed by atoms with van der Waals surface area (Å²) < 4.78 is 19.0. The van der Waals surface area contributed by atoms with Gasteiger partial charge in [0.1, 0.15) is 22.1 Å². The van der Waals surface area contributed by atoms with Crippen LogP contribution in [-0.4, -0.2) is 59.6 Å². The fourth-order valence-corrected chi connectivity index (χ4v) is 5.81. The summed E-state index contributed by atoms with van der Waals surface area (Å²) in [6, 6.07) is 6.29. The first-order chi connectivity index (χ1) is 15.8. The van der Waals surface area contributed by atoms with Gasteiger partial charge in [-0.05, 0) is 51.0 Å².